The zero-order valence-corrected chi connectivity index (χ0v) is 15.1. The van der Waals surface area contributed by atoms with Gasteiger partial charge in [0.05, 0.1) is 0 Å². The number of nitrogens with zero attached hydrogens (tertiary/aromatic N) is 1. The fraction of sp³-hybridized carbons (Fsp3) is 0.278. The van der Waals surface area contributed by atoms with Gasteiger partial charge in [0.1, 0.15) is 16.4 Å². The lowest BCUT2D eigenvalue weighted by Crippen LogP contribution is -2.58. The standard InChI is InChI=1S/C18H20N2O5S/c1-20(22)17(21)18(12-7-13-19-18)26(23,24)16-11-6-5-10-15(16)25-14-8-3-2-4-9-14/h2-6,8-11,19,22H,7,12-13H2,1H3. The Hall–Kier alpha value is -2.42. The maximum Gasteiger partial charge on any atom is 0.282 e. The van der Waals surface area contributed by atoms with E-state index in [1.165, 1.54) is 12.1 Å². The summed E-state index contributed by atoms with van der Waals surface area (Å²) in [4.78, 5) is 10.5. The highest BCUT2D eigenvalue weighted by molar-refractivity contribution is 7.93. The van der Waals surface area contributed by atoms with E-state index in [9.17, 15) is 18.4 Å². The lowest BCUT2D eigenvalue weighted by molar-refractivity contribution is -0.163. The molecule has 8 heteroatoms. The molecule has 3 rings (SSSR count). The van der Waals surface area contributed by atoms with E-state index in [0.29, 0.717) is 23.8 Å². The number of likely N-dealkylation sites (N-methyl/N-ethyl adjacent to an activating group) is 1. The number of ether oxygens (including phenoxy) is 1. The molecule has 0 bridgehead atoms. The first-order chi connectivity index (χ1) is 12.4. The fourth-order valence-electron chi connectivity index (χ4n) is 3.06. The highest BCUT2D eigenvalue weighted by Crippen LogP contribution is 2.38. The third kappa shape index (κ3) is 3.07. The first-order valence-electron chi connectivity index (χ1n) is 8.17. The minimum atomic E-state index is -4.18. The molecule has 1 aliphatic heterocycles. The molecule has 0 aliphatic carbocycles. The van der Waals surface area contributed by atoms with Gasteiger partial charge in [0.2, 0.25) is 14.7 Å². The first-order valence-corrected chi connectivity index (χ1v) is 9.65. The number of para-hydroxylation sites is 2. The van der Waals surface area contributed by atoms with Gasteiger partial charge in [-0.05, 0) is 43.7 Å². The number of hydrogen-bond donors (Lipinski definition) is 2. The Kier molecular flexibility index (Phi) is 4.99. The average molecular weight is 376 g/mol. The SMILES string of the molecule is CN(O)C(=O)C1(S(=O)(=O)c2ccccc2Oc2ccccc2)CCCN1. The molecule has 7 nitrogen and oxygen atoms in total. The molecule has 1 aliphatic rings. The Labute approximate surface area is 152 Å². The summed E-state index contributed by atoms with van der Waals surface area (Å²) in [6.07, 6.45) is 0.569. The van der Waals surface area contributed by atoms with Crippen molar-refractivity contribution in [2.45, 2.75) is 22.6 Å². The van der Waals surface area contributed by atoms with Crippen molar-refractivity contribution in [3.05, 3.63) is 54.6 Å². The number of sulfone groups is 1. The minimum absolute atomic E-state index is 0.0682. The van der Waals surface area contributed by atoms with Crippen LogP contribution in [0, 0.1) is 0 Å². The van der Waals surface area contributed by atoms with Gasteiger partial charge in [-0.1, -0.05) is 30.3 Å². The van der Waals surface area contributed by atoms with Gasteiger partial charge < -0.3 is 4.74 Å². The van der Waals surface area contributed by atoms with Crippen LogP contribution in [-0.4, -0.2) is 43.1 Å². The predicted octanol–water partition coefficient (Wildman–Crippen LogP) is 2.18. The number of amides is 1. The highest BCUT2D eigenvalue weighted by atomic mass is 32.2. The van der Waals surface area contributed by atoms with Crippen LogP contribution in [0.3, 0.4) is 0 Å². The third-order valence-corrected chi connectivity index (χ3v) is 6.68. The van der Waals surface area contributed by atoms with Crippen LogP contribution in [-0.2, 0) is 14.6 Å². The quantitative estimate of drug-likeness (QED) is 0.613. The summed E-state index contributed by atoms with van der Waals surface area (Å²) in [5, 5.41) is 12.7. The summed E-state index contributed by atoms with van der Waals surface area (Å²) < 4.78 is 32.6. The molecule has 1 unspecified atom stereocenters. The van der Waals surface area contributed by atoms with Crippen LogP contribution in [0.1, 0.15) is 12.8 Å². The van der Waals surface area contributed by atoms with Gasteiger partial charge in [-0.15, -0.1) is 0 Å². The number of nitrogens with one attached hydrogen (secondary N) is 1. The number of hydrogen-bond acceptors (Lipinski definition) is 6. The van der Waals surface area contributed by atoms with Crippen molar-refractivity contribution in [2.24, 2.45) is 0 Å². The zero-order chi connectivity index (χ0) is 18.8. The molecule has 1 atom stereocenters. The van der Waals surface area contributed by atoms with Crippen LogP contribution in [0.4, 0.5) is 0 Å². The molecule has 0 aromatic heterocycles. The van der Waals surface area contributed by atoms with E-state index in [4.69, 9.17) is 4.74 Å². The van der Waals surface area contributed by atoms with Crippen LogP contribution >= 0.6 is 0 Å². The van der Waals surface area contributed by atoms with Gasteiger partial charge >= 0.3 is 0 Å². The van der Waals surface area contributed by atoms with Crippen LogP contribution in [0.2, 0.25) is 0 Å². The van der Waals surface area contributed by atoms with E-state index in [1.54, 1.807) is 36.4 Å². The number of benzene rings is 2. The molecule has 1 saturated heterocycles. The van der Waals surface area contributed by atoms with Crippen LogP contribution in [0.15, 0.2) is 59.5 Å². The molecule has 138 valence electrons. The van der Waals surface area contributed by atoms with E-state index < -0.39 is 20.6 Å². The summed E-state index contributed by atoms with van der Waals surface area (Å²) >= 11 is 0. The maximum atomic E-state index is 13.4. The minimum Gasteiger partial charge on any atom is -0.456 e. The number of rotatable bonds is 5. The van der Waals surface area contributed by atoms with Crippen LogP contribution in [0.25, 0.3) is 0 Å². The van der Waals surface area contributed by atoms with Gasteiger partial charge in [-0.3, -0.25) is 15.3 Å². The summed E-state index contributed by atoms with van der Waals surface area (Å²) in [5.74, 6) is -0.307. The van der Waals surface area contributed by atoms with E-state index in [0.717, 1.165) is 7.05 Å². The molecule has 1 heterocycles. The molecular weight excluding hydrogens is 356 g/mol. The predicted molar refractivity (Wildman–Crippen MR) is 94.7 cm³/mol. The topological polar surface area (TPSA) is 95.9 Å². The van der Waals surface area contributed by atoms with Crippen LogP contribution < -0.4 is 10.1 Å². The normalized spacial score (nSPS) is 19.9. The number of carbonyl (C=O) groups is 1. The summed E-state index contributed by atoms with van der Waals surface area (Å²) in [7, 11) is -3.07. The molecule has 2 N–H and O–H groups in total. The Morgan fingerprint density at radius 2 is 1.81 bits per heavy atom. The van der Waals surface area contributed by atoms with Crippen molar-refractivity contribution in [1.82, 2.24) is 10.4 Å². The monoisotopic (exact) mass is 376 g/mol. The second-order valence-corrected chi connectivity index (χ2v) is 8.20. The van der Waals surface area contributed by atoms with E-state index in [2.05, 4.69) is 5.32 Å². The van der Waals surface area contributed by atoms with Crippen LogP contribution in [0.5, 0.6) is 11.5 Å². The summed E-state index contributed by atoms with van der Waals surface area (Å²) in [6, 6.07) is 15.0. The Morgan fingerprint density at radius 1 is 1.15 bits per heavy atom. The van der Waals surface area contributed by atoms with Gasteiger partial charge in [0.25, 0.3) is 5.91 Å². The molecule has 1 fully saturated rings. The first kappa shape index (κ1) is 18.4. The van der Waals surface area contributed by atoms with Crippen molar-refractivity contribution in [2.75, 3.05) is 13.6 Å². The number of carbonyl (C=O) groups excluding carboxylic acids is 1. The number of hydroxylamine groups is 2. The van der Waals surface area contributed by atoms with Gasteiger partial charge in [-0.25, -0.2) is 13.5 Å². The smallest absolute Gasteiger partial charge is 0.282 e. The Balaban J connectivity index is 2.08. The maximum absolute atomic E-state index is 13.4. The van der Waals surface area contributed by atoms with Gasteiger partial charge in [-0.2, -0.15) is 0 Å². The highest BCUT2D eigenvalue weighted by Gasteiger charge is 2.55. The lowest BCUT2D eigenvalue weighted by Gasteiger charge is -2.30. The molecule has 0 spiro atoms. The Morgan fingerprint density at radius 3 is 2.42 bits per heavy atom. The zero-order valence-electron chi connectivity index (χ0n) is 14.3. The molecule has 26 heavy (non-hydrogen) atoms. The van der Waals surface area contributed by atoms with Crippen molar-refractivity contribution < 1.29 is 23.2 Å². The van der Waals surface area contributed by atoms with Crippen molar-refractivity contribution in [1.29, 1.82) is 0 Å². The summed E-state index contributed by atoms with van der Waals surface area (Å²) in [5.41, 5.74) is 0. The molecule has 0 radical (unpaired) electrons. The van der Waals surface area contributed by atoms with Gasteiger partial charge in [0, 0.05) is 7.05 Å². The molecular formula is C18H20N2O5S. The largest absolute Gasteiger partial charge is 0.456 e. The third-order valence-electron chi connectivity index (χ3n) is 4.32. The van der Waals surface area contributed by atoms with E-state index in [1.807, 2.05) is 6.07 Å². The molecule has 0 saturated carbocycles. The van der Waals surface area contributed by atoms with Gasteiger partial charge in [0.15, 0.2) is 0 Å². The second-order valence-electron chi connectivity index (χ2n) is 6.05. The van der Waals surface area contributed by atoms with E-state index in [-0.39, 0.29) is 17.1 Å². The lowest BCUT2D eigenvalue weighted by atomic mass is 10.2. The summed E-state index contributed by atoms with van der Waals surface area (Å²) in [6.45, 7) is 0.362. The second kappa shape index (κ2) is 7.06. The van der Waals surface area contributed by atoms with Crippen molar-refractivity contribution >= 4 is 15.7 Å². The van der Waals surface area contributed by atoms with E-state index >= 15 is 0 Å². The van der Waals surface area contributed by atoms with Crippen molar-refractivity contribution in [3.63, 3.8) is 0 Å². The average Bonchev–Trinajstić information content (AvgIpc) is 3.14. The van der Waals surface area contributed by atoms with Crippen molar-refractivity contribution in [3.8, 4) is 11.5 Å². The molecule has 1 amide bonds. The molecule has 2 aromatic rings. The fourth-order valence-corrected chi connectivity index (χ4v) is 5.14. The Bertz CT molecular complexity index is 891. The molecule has 2 aromatic carbocycles.